The molecular weight excluding hydrogens is 359 g/mol. The monoisotopic (exact) mass is 375 g/mol. The topological polar surface area (TPSA) is 72.7 Å². The molecule has 1 amide bonds. The number of nitrogens with one attached hydrogen (secondary N) is 1. The summed E-state index contributed by atoms with van der Waals surface area (Å²) in [4.78, 5) is 15.4. The molecule has 2 heterocycles. The highest BCUT2D eigenvalue weighted by Crippen LogP contribution is 2.27. The predicted octanol–water partition coefficient (Wildman–Crippen LogP) is 2.87. The van der Waals surface area contributed by atoms with Gasteiger partial charge in [-0.3, -0.25) is 4.79 Å². The number of halogens is 3. The molecular formula is C18H16F3N5O. The van der Waals surface area contributed by atoms with E-state index in [1.165, 1.54) is 6.07 Å². The molecule has 1 N–H and O–H groups in total. The first-order valence-electron chi connectivity index (χ1n) is 8.12. The Balaban J connectivity index is 1.62. The highest BCUT2D eigenvalue weighted by Gasteiger charge is 2.32. The zero-order valence-corrected chi connectivity index (χ0v) is 14.4. The van der Waals surface area contributed by atoms with Crippen molar-refractivity contribution >= 4 is 5.91 Å². The van der Waals surface area contributed by atoms with Crippen LogP contribution < -0.4 is 5.32 Å². The number of hydrogen-bond donors (Lipinski definition) is 1. The molecule has 0 saturated carbocycles. The maximum absolute atomic E-state index is 12.7. The van der Waals surface area contributed by atoms with E-state index in [9.17, 15) is 18.0 Å². The van der Waals surface area contributed by atoms with Crippen molar-refractivity contribution in [2.45, 2.75) is 12.6 Å². The minimum Gasteiger partial charge on any atom is -0.350 e. The first kappa shape index (κ1) is 18.6. The van der Waals surface area contributed by atoms with Gasteiger partial charge in [-0.05, 0) is 12.1 Å². The zero-order chi connectivity index (χ0) is 19.4. The normalized spacial score (nSPS) is 11.4. The first-order valence-corrected chi connectivity index (χ1v) is 8.12. The maximum atomic E-state index is 12.7. The third-order valence-corrected chi connectivity index (χ3v) is 3.90. The SMILES string of the molecule is Cn1c(CCNC(=O)c2cccc(C(F)(F)F)n2)nnc1-c1ccccc1. The quantitative estimate of drug-likeness (QED) is 0.744. The van der Waals surface area contributed by atoms with E-state index >= 15 is 0 Å². The smallest absolute Gasteiger partial charge is 0.350 e. The lowest BCUT2D eigenvalue weighted by Crippen LogP contribution is -2.27. The van der Waals surface area contributed by atoms with Crippen molar-refractivity contribution in [1.29, 1.82) is 0 Å². The Morgan fingerprint density at radius 3 is 2.52 bits per heavy atom. The summed E-state index contributed by atoms with van der Waals surface area (Å²) in [6.45, 7) is 0.192. The fourth-order valence-corrected chi connectivity index (χ4v) is 2.52. The molecule has 2 aromatic heterocycles. The van der Waals surface area contributed by atoms with Gasteiger partial charge in [-0.15, -0.1) is 10.2 Å². The second-order valence-electron chi connectivity index (χ2n) is 5.78. The maximum Gasteiger partial charge on any atom is 0.433 e. The number of amides is 1. The summed E-state index contributed by atoms with van der Waals surface area (Å²) in [6, 6.07) is 12.7. The summed E-state index contributed by atoms with van der Waals surface area (Å²) in [5.74, 6) is 0.661. The molecule has 0 aliphatic heterocycles. The van der Waals surface area contributed by atoms with Gasteiger partial charge in [0.1, 0.15) is 17.2 Å². The Morgan fingerprint density at radius 1 is 1.07 bits per heavy atom. The number of carbonyl (C=O) groups excluding carboxylic acids is 1. The molecule has 0 atom stereocenters. The number of rotatable bonds is 5. The van der Waals surface area contributed by atoms with Crippen LogP contribution in [-0.2, 0) is 19.6 Å². The van der Waals surface area contributed by atoms with E-state index in [2.05, 4.69) is 20.5 Å². The summed E-state index contributed by atoms with van der Waals surface area (Å²) in [6.07, 6.45) is -4.22. The summed E-state index contributed by atoms with van der Waals surface area (Å²) in [5.41, 5.74) is -0.473. The fourth-order valence-electron chi connectivity index (χ4n) is 2.52. The van der Waals surface area contributed by atoms with E-state index in [0.29, 0.717) is 18.1 Å². The van der Waals surface area contributed by atoms with Crippen LogP contribution in [0.2, 0.25) is 0 Å². The molecule has 0 fully saturated rings. The number of aromatic nitrogens is 4. The number of nitrogens with zero attached hydrogens (tertiary/aromatic N) is 4. The van der Waals surface area contributed by atoms with Gasteiger partial charge in [0.2, 0.25) is 0 Å². The van der Waals surface area contributed by atoms with E-state index in [4.69, 9.17) is 0 Å². The third-order valence-electron chi connectivity index (χ3n) is 3.90. The highest BCUT2D eigenvalue weighted by molar-refractivity contribution is 5.92. The van der Waals surface area contributed by atoms with E-state index in [0.717, 1.165) is 17.7 Å². The highest BCUT2D eigenvalue weighted by atomic mass is 19.4. The second kappa shape index (κ2) is 7.56. The van der Waals surface area contributed by atoms with E-state index in [1.54, 1.807) is 0 Å². The minimum absolute atomic E-state index is 0.192. The largest absolute Gasteiger partial charge is 0.433 e. The van der Waals surface area contributed by atoms with Gasteiger partial charge in [0, 0.05) is 25.6 Å². The zero-order valence-electron chi connectivity index (χ0n) is 14.4. The average Bonchev–Trinajstić information content (AvgIpc) is 3.02. The third kappa shape index (κ3) is 4.30. The molecule has 0 spiro atoms. The van der Waals surface area contributed by atoms with E-state index in [1.807, 2.05) is 41.9 Å². The van der Waals surface area contributed by atoms with Crippen molar-refractivity contribution in [2.24, 2.45) is 7.05 Å². The molecule has 6 nitrogen and oxygen atoms in total. The van der Waals surface area contributed by atoms with Crippen LogP contribution in [0.25, 0.3) is 11.4 Å². The standard InChI is InChI=1S/C18H16F3N5O/c1-26-15(24-25-16(26)12-6-3-2-4-7-12)10-11-22-17(27)13-8-5-9-14(23-13)18(19,20)21/h2-9H,10-11H2,1H3,(H,22,27). The van der Waals surface area contributed by atoms with Crippen LogP contribution in [0.4, 0.5) is 13.2 Å². The Labute approximate surface area is 153 Å². The number of pyridine rings is 1. The molecule has 3 aromatic rings. The number of alkyl halides is 3. The summed E-state index contributed by atoms with van der Waals surface area (Å²) in [5, 5.41) is 10.8. The minimum atomic E-state index is -4.59. The van der Waals surface area contributed by atoms with Gasteiger partial charge in [0.15, 0.2) is 5.82 Å². The van der Waals surface area contributed by atoms with Crippen LogP contribution in [0, 0.1) is 0 Å². The summed E-state index contributed by atoms with van der Waals surface area (Å²) in [7, 11) is 1.81. The molecule has 0 radical (unpaired) electrons. The summed E-state index contributed by atoms with van der Waals surface area (Å²) < 4.78 is 39.8. The lowest BCUT2D eigenvalue weighted by Gasteiger charge is -2.08. The van der Waals surface area contributed by atoms with Crippen LogP contribution in [0.5, 0.6) is 0 Å². The number of hydrogen-bond acceptors (Lipinski definition) is 4. The molecule has 0 aliphatic carbocycles. The molecule has 0 aliphatic rings. The predicted molar refractivity (Wildman–Crippen MR) is 91.7 cm³/mol. The molecule has 3 rings (SSSR count). The molecule has 9 heteroatoms. The Hall–Kier alpha value is -3.23. The van der Waals surface area contributed by atoms with E-state index in [-0.39, 0.29) is 12.2 Å². The first-order chi connectivity index (χ1) is 12.9. The van der Waals surface area contributed by atoms with Crippen molar-refractivity contribution in [3.63, 3.8) is 0 Å². The lowest BCUT2D eigenvalue weighted by molar-refractivity contribution is -0.141. The molecule has 0 bridgehead atoms. The average molecular weight is 375 g/mol. The van der Waals surface area contributed by atoms with Gasteiger partial charge in [0.05, 0.1) is 0 Å². The molecule has 27 heavy (non-hydrogen) atoms. The second-order valence-corrected chi connectivity index (χ2v) is 5.78. The fraction of sp³-hybridized carbons (Fsp3) is 0.222. The van der Waals surface area contributed by atoms with Gasteiger partial charge in [0.25, 0.3) is 5.91 Å². The van der Waals surface area contributed by atoms with E-state index < -0.39 is 17.8 Å². The molecule has 0 unspecified atom stereocenters. The Bertz CT molecular complexity index is 938. The lowest BCUT2D eigenvalue weighted by atomic mass is 10.2. The number of benzene rings is 1. The van der Waals surface area contributed by atoms with Gasteiger partial charge in [-0.2, -0.15) is 13.2 Å². The van der Waals surface area contributed by atoms with Crippen LogP contribution >= 0.6 is 0 Å². The van der Waals surface area contributed by atoms with Crippen LogP contribution in [0.1, 0.15) is 22.0 Å². The van der Waals surface area contributed by atoms with Crippen LogP contribution in [0.3, 0.4) is 0 Å². The van der Waals surface area contributed by atoms with Crippen molar-refractivity contribution in [2.75, 3.05) is 6.54 Å². The Morgan fingerprint density at radius 2 is 1.81 bits per heavy atom. The molecule has 1 aromatic carbocycles. The summed E-state index contributed by atoms with van der Waals surface area (Å²) >= 11 is 0. The van der Waals surface area contributed by atoms with Gasteiger partial charge >= 0.3 is 6.18 Å². The van der Waals surface area contributed by atoms with Crippen LogP contribution in [0.15, 0.2) is 48.5 Å². The van der Waals surface area contributed by atoms with Crippen molar-refractivity contribution in [3.05, 3.63) is 65.7 Å². The van der Waals surface area contributed by atoms with Gasteiger partial charge < -0.3 is 9.88 Å². The van der Waals surface area contributed by atoms with Gasteiger partial charge in [-0.25, -0.2) is 4.98 Å². The Kier molecular flexibility index (Phi) is 5.20. The van der Waals surface area contributed by atoms with Gasteiger partial charge in [-0.1, -0.05) is 36.4 Å². The van der Waals surface area contributed by atoms with Crippen molar-refractivity contribution < 1.29 is 18.0 Å². The van der Waals surface area contributed by atoms with Crippen molar-refractivity contribution in [3.8, 4) is 11.4 Å². The van der Waals surface area contributed by atoms with Crippen molar-refractivity contribution in [1.82, 2.24) is 25.1 Å². The number of carbonyl (C=O) groups is 1. The molecule has 0 saturated heterocycles. The molecule has 140 valence electrons. The van der Waals surface area contributed by atoms with Crippen LogP contribution in [-0.4, -0.2) is 32.2 Å².